The van der Waals surface area contributed by atoms with Gasteiger partial charge in [-0.25, -0.2) is 14.8 Å². The molecular formula is C18H15F2IN4O2. The Morgan fingerprint density at radius 1 is 1.07 bits per heavy atom. The molecule has 9 heteroatoms. The number of aromatic nitrogens is 4. The average Bonchev–Trinajstić information content (AvgIpc) is 3.30. The highest BCUT2D eigenvalue weighted by atomic mass is 127. The highest BCUT2D eigenvalue weighted by Gasteiger charge is 2.42. The zero-order valence-electron chi connectivity index (χ0n) is 14.2. The molecule has 0 aliphatic carbocycles. The van der Waals surface area contributed by atoms with Crippen LogP contribution < -0.4 is 0 Å². The molecule has 0 spiro atoms. The number of pyridine rings is 2. The smallest absolute Gasteiger partial charge is 0.381 e. The van der Waals surface area contributed by atoms with Gasteiger partial charge in [0.25, 0.3) is 0 Å². The van der Waals surface area contributed by atoms with Gasteiger partial charge in [-0.15, -0.1) is 0 Å². The number of carbonyl (C=O) groups is 1. The summed E-state index contributed by atoms with van der Waals surface area (Å²) in [4.78, 5) is 19.2. The first-order valence-electron chi connectivity index (χ1n) is 7.98. The molecule has 0 aliphatic heterocycles. The third-order valence-electron chi connectivity index (χ3n) is 3.65. The molecule has 0 radical (unpaired) electrons. The summed E-state index contributed by atoms with van der Waals surface area (Å²) in [6.07, 6.45) is 10.3. The quantitative estimate of drug-likeness (QED) is 0.327. The highest BCUT2D eigenvalue weighted by molar-refractivity contribution is 14.1. The molecule has 4 rings (SSSR count). The van der Waals surface area contributed by atoms with Gasteiger partial charge in [0.2, 0.25) is 0 Å². The van der Waals surface area contributed by atoms with Crippen molar-refractivity contribution in [3.05, 3.63) is 70.6 Å². The van der Waals surface area contributed by atoms with Crippen molar-refractivity contribution in [3.63, 3.8) is 0 Å². The van der Waals surface area contributed by atoms with Crippen LogP contribution in [0.4, 0.5) is 8.78 Å². The average molecular weight is 484 g/mol. The number of hydrogen-bond acceptors (Lipinski definition) is 4. The van der Waals surface area contributed by atoms with Gasteiger partial charge in [-0.1, -0.05) is 0 Å². The number of carbonyl (C=O) groups excluding carboxylic acids is 1. The van der Waals surface area contributed by atoms with Crippen LogP contribution in [0.25, 0.3) is 11.3 Å². The fourth-order valence-electron chi connectivity index (χ4n) is 2.33. The van der Waals surface area contributed by atoms with Crippen molar-refractivity contribution in [2.75, 3.05) is 6.61 Å². The Hall–Kier alpha value is -2.56. The van der Waals surface area contributed by atoms with Crippen LogP contribution >= 0.6 is 22.6 Å². The van der Waals surface area contributed by atoms with Gasteiger partial charge in [0.05, 0.1) is 6.61 Å². The van der Waals surface area contributed by atoms with E-state index in [9.17, 15) is 13.6 Å². The van der Waals surface area contributed by atoms with Crippen molar-refractivity contribution in [1.29, 1.82) is 0 Å². The first kappa shape index (κ1) is 19.2. The van der Waals surface area contributed by atoms with Gasteiger partial charge in [0.1, 0.15) is 11.3 Å². The molecule has 6 nitrogen and oxygen atoms in total. The Bertz CT molecular complexity index is 1080. The molecule has 0 saturated heterocycles. The summed E-state index contributed by atoms with van der Waals surface area (Å²) >= 11 is 2.27. The third kappa shape index (κ3) is 4.24. The predicted molar refractivity (Wildman–Crippen MR) is 104 cm³/mol. The van der Waals surface area contributed by atoms with Crippen molar-refractivity contribution < 1.29 is 18.3 Å². The van der Waals surface area contributed by atoms with E-state index in [2.05, 4.69) is 43.4 Å². The van der Waals surface area contributed by atoms with E-state index in [0.717, 1.165) is 11.7 Å². The molecule has 140 valence electrons. The molecule has 0 saturated carbocycles. The second kappa shape index (κ2) is 7.99. The van der Waals surface area contributed by atoms with E-state index in [1.807, 2.05) is 22.9 Å². The molecule has 27 heavy (non-hydrogen) atoms. The topological polar surface area (TPSA) is 60.9 Å². The zero-order valence-corrected chi connectivity index (χ0v) is 16.4. The predicted octanol–water partition coefficient (Wildman–Crippen LogP) is 3.93. The molecule has 0 N–H and O–H groups in total. The number of alkyl halides is 2. The van der Waals surface area contributed by atoms with E-state index < -0.39 is 17.5 Å². The van der Waals surface area contributed by atoms with Crippen LogP contribution in [-0.2, 0) is 15.5 Å². The van der Waals surface area contributed by atoms with Crippen molar-refractivity contribution >= 4 is 39.9 Å². The second-order valence-electron chi connectivity index (χ2n) is 5.44. The molecule has 0 bridgehead atoms. The summed E-state index contributed by atoms with van der Waals surface area (Å²) in [5.41, 5.74) is 0.938. The lowest BCUT2D eigenvalue weighted by Crippen LogP contribution is -2.28. The largest absolute Gasteiger partial charge is 0.461 e. The molecule has 0 aliphatic rings. The van der Waals surface area contributed by atoms with Crippen LogP contribution in [0.5, 0.6) is 0 Å². The Morgan fingerprint density at radius 2 is 1.67 bits per heavy atom. The van der Waals surface area contributed by atoms with E-state index in [4.69, 9.17) is 0 Å². The molecule has 0 unspecified atom stereocenters. The summed E-state index contributed by atoms with van der Waals surface area (Å²) in [6, 6.07) is 6.43. The fourth-order valence-corrected chi connectivity index (χ4v) is 2.77. The van der Waals surface area contributed by atoms with E-state index in [-0.39, 0.29) is 6.61 Å². The molecule has 0 atom stereocenters. The van der Waals surface area contributed by atoms with Crippen LogP contribution in [-0.4, -0.2) is 31.3 Å². The number of halogens is 3. The number of esters is 1. The van der Waals surface area contributed by atoms with Gasteiger partial charge in [-0.3, -0.25) is 0 Å². The summed E-state index contributed by atoms with van der Waals surface area (Å²) in [6.45, 7) is 1.39. The fraction of sp³-hybridized carbons (Fsp3) is 0.167. The van der Waals surface area contributed by atoms with Crippen LogP contribution in [0.15, 0.2) is 61.4 Å². The maximum atomic E-state index is 13.7. The SMILES string of the molecule is CCOC(=O)C(F)(F)c1ccn2ccnc2c1.Ic1ccn2ccnc2c1. The first-order chi connectivity index (χ1) is 12.9. The van der Waals surface area contributed by atoms with Crippen molar-refractivity contribution in [3.8, 4) is 0 Å². The summed E-state index contributed by atoms with van der Waals surface area (Å²) < 4.78 is 36.4. The van der Waals surface area contributed by atoms with Gasteiger partial charge in [0.15, 0.2) is 0 Å². The van der Waals surface area contributed by atoms with Crippen LogP contribution in [0, 0.1) is 3.57 Å². The lowest BCUT2D eigenvalue weighted by atomic mass is 10.1. The molecule has 0 amide bonds. The second-order valence-corrected chi connectivity index (χ2v) is 6.69. The Morgan fingerprint density at radius 3 is 2.30 bits per heavy atom. The summed E-state index contributed by atoms with van der Waals surface area (Å²) in [5, 5.41) is 0. The minimum atomic E-state index is -3.65. The molecular weight excluding hydrogens is 469 g/mol. The van der Waals surface area contributed by atoms with E-state index in [0.29, 0.717) is 5.65 Å². The van der Waals surface area contributed by atoms with Gasteiger partial charge >= 0.3 is 11.9 Å². The van der Waals surface area contributed by atoms with Gasteiger partial charge < -0.3 is 13.5 Å². The highest BCUT2D eigenvalue weighted by Crippen LogP contribution is 2.29. The molecule has 4 aromatic heterocycles. The van der Waals surface area contributed by atoms with Crippen molar-refractivity contribution in [1.82, 2.24) is 18.8 Å². The Kier molecular flexibility index (Phi) is 5.68. The zero-order chi connectivity index (χ0) is 19.4. The number of ether oxygens (including phenoxy) is 1. The number of hydrogen-bond donors (Lipinski definition) is 0. The van der Waals surface area contributed by atoms with E-state index in [1.54, 1.807) is 16.8 Å². The molecule has 4 aromatic rings. The maximum absolute atomic E-state index is 13.7. The lowest BCUT2D eigenvalue weighted by molar-refractivity contribution is -0.173. The number of fused-ring (bicyclic) bond motifs is 2. The minimum absolute atomic E-state index is 0.0833. The van der Waals surface area contributed by atoms with Gasteiger partial charge in [-0.05, 0) is 53.8 Å². The Labute approximate surface area is 166 Å². The Balaban J connectivity index is 0.000000177. The molecule has 4 heterocycles. The number of nitrogens with zero attached hydrogens (tertiary/aromatic N) is 4. The minimum Gasteiger partial charge on any atom is -0.461 e. The third-order valence-corrected chi connectivity index (χ3v) is 4.32. The van der Waals surface area contributed by atoms with Gasteiger partial charge in [-0.2, -0.15) is 8.78 Å². The standard InChI is InChI=1S/C11H10F2N2O2.C7H5IN2/c1-2-17-10(16)11(12,13)8-3-5-15-6-4-14-9(15)7-8;8-6-1-3-10-4-2-9-7(10)5-6/h3-7H,2H2,1H3;1-5H. The first-order valence-corrected chi connectivity index (χ1v) is 9.06. The number of rotatable bonds is 3. The van der Waals surface area contributed by atoms with E-state index in [1.165, 1.54) is 29.0 Å². The lowest BCUT2D eigenvalue weighted by Gasteiger charge is -2.14. The van der Waals surface area contributed by atoms with Crippen LogP contribution in [0.1, 0.15) is 12.5 Å². The monoisotopic (exact) mass is 484 g/mol. The van der Waals surface area contributed by atoms with E-state index >= 15 is 0 Å². The summed E-state index contributed by atoms with van der Waals surface area (Å²) in [5.74, 6) is -5.19. The van der Waals surface area contributed by atoms with Gasteiger partial charge in [0, 0.05) is 46.3 Å². The molecule has 0 fully saturated rings. The maximum Gasteiger partial charge on any atom is 0.381 e. The van der Waals surface area contributed by atoms with Crippen molar-refractivity contribution in [2.24, 2.45) is 0 Å². The van der Waals surface area contributed by atoms with Crippen LogP contribution in [0.2, 0.25) is 0 Å². The van der Waals surface area contributed by atoms with Crippen LogP contribution in [0.3, 0.4) is 0 Å². The number of imidazole rings is 2. The molecule has 0 aromatic carbocycles. The summed E-state index contributed by atoms with van der Waals surface area (Å²) in [7, 11) is 0. The normalized spacial score (nSPS) is 11.3. The van der Waals surface area contributed by atoms with Crippen molar-refractivity contribution in [2.45, 2.75) is 12.8 Å².